The molecule has 2 saturated heterocycles. The number of fused-ring (bicyclic) bond motifs is 1. The highest BCUT2D eigenvalue weighted by Crippen LogP contribution is 2.29. The molecule has 1 aromatic carbocycles. The largest absolute Gasteiger partial charge is 0.441 e. The first-order valence-corrected chi connectivity index (χ1v) is 8.95. The van der Waals surface area contributed by atoms with E-state index in [-0.39, 0.29) is 31.1 Å². The molecule has 3 amide bonds. The summed E-state index contributed by atoms with van der Waals surface area (Å²) in [5, 5.41) is 8.00. The van der Waals surface area contributed by atoms with Crippen molar-refractivity contribution in [3.63, 3.8) is 0 Å². The summed E-state index contributed by atoms with van der Waals surface area (Å²) in [6.07, 6.45) is -0.538. The number of carbonyl (C=O) groups excluding carboxylic acids is 3. The molecule has 9 heteroatoms. The summed E-state index contributed by atoms with van der Waals surface area (Å²) in [5.41, 5.74) is 0.948. The molecule has 1 aromatic rings. The standard InChI is InChI=1S/C19H23N3O6/c1-3-7-20-18(24)22-14-9-26-17-15(10-27-16(14)17)28-19(25)21-13-6-4-5-12(8-13)11(2)23/h3-6,8,14-17H,1,7,9-10H2,2H3,(H,21,25)(H2,20,22,24)/t14-,15+,16+,17+/m0/s1. The van der Waals surface area contributed by atoms with Gasteiger partial charge >= 0.3 is 12.1 Å². The minimum Gasteiger partial charge on any atom is -0.441 e. The predicted molar refractivity (Wildman–Crippen MR) is 100 cm³/mol. The van der Waals surface area contributed by atoms with Crippen LogP contribution in [0.3, 0.4) is 0 Å². The van der Waals surface area contributed by atoms with Crippen molar-refractivity contribution in [3.8, 4) is 0 Å². The summed E-state index contributed by atoms with van der Waals surface area (Å²) in [5.74, 6) is -0.0981. The van der Waals surface area contributed by atoms with Crippen molar-refractivity contribution in [2.24, 2.45) is 0 Å². The molecule has 0 spiro atoms. The fraction of sp³-hybridized carbons (Fsp3) is 0.421. The molecule has 2 heterocycles. The number of carbonyl (C=O) groups is 3. The Morgan fingerprint density at radius 2 is 2.04 bits per heavy atom. The summed E-state index contributed by atoms with van der Waals surface area (Å²) in [4.78, 5) is 35.4. The lowest BCUT2D eigenvalue weighted by atomic mass is 10.1. The molecule has 4 atom stereocenters. The van der Waals surface area contributed by atoms with Crippen molar-refractivity contribution in [1.29, 1.82) is 0 Å². The molecule has 0 saturated carbocycles. The zero-order chi connectivity index (χ0) is 20.1. The third kappa shape index (κ3) is 4.68. The third-order valence-electron chi connectivity index (χ3n) is 4.51. The summed E-state index contributed by atoms with van der Waals surface area (Å²) in [6, 6.07) is 5.90. The Labute approximate surface area is 162 Å². The van der Waals surface area contributed by atoms with Gasteiger partial charge in [0, 0.05) is 17.8 Å². The maximum atomic E-state index is 12.2. The Hall–Kier alpha value is -2.91. The molecule has 150 valence electrons. The van der Waals surface area contributed by atoms with Gasteiger partial charge in [0.2, 0.25) is 0 Å². The van der Waals surface area contributed by atoms with E-state index in [0.717, 1.165) is 0 Å². The second kappa shape index (κ2) is 8.85. The van der Waals surface area contributed by atoms with Crippen LogP contribution in [0.2, 0.25) is 0 Å². The Bertz CT molecular complexity index is 768. The molecule has 2 aliphatic heterocycles. The van der Waals surface area contributed by atoms with E-state index in [1.54, 1.807) is 30.3 Å². The quantitative estimate of drug-likeness (QED) is 0.501. The van der Waals surface area contributed by atoms with Gasteiger partial charge in [0.1, 0.15) is 12.2 Å². The van der Waals surface area contributed by atoms with E-state index < -0.39 is 24.4 Å². The van der Waals surface area contributed by atoms with Crippen LogP contribution in [0.15, 0.2) is 36.9 Å². The topological polar surface area (TPSA) is 115 Å². The first kappa shape index (κ1) is 19.8. The average molecular weight is 389 g/mol. The molecule has 9 nitrogen and oxygen atoms in total. The fourth-order valence-corrected chi connectivity index (χ4v) is 3.17. The highest BCUT2D eigenvalue weighted by atomic mass is 16.6. The molecular formula is C19H23N3O6. The van der Waals surface area contributed by atoms with Gasteiger partial charge in [-0.25, -0.2) is 9.59 Å². The normalized spacial score (nSPS) is 25.5. The monoisotopic (exact) mass is 389 g/mol. The van der Waals surface area contributed by atoms with E-state index in [2.05, 4.69) is 22.5 Å². The predicted octanol–water partition coefficient (Wildman–Crippen LogP) is 1.46. The number of urea groups is 1. The number of amides is 3. The number of Topliss-reactive ketones (excluding diaryl/α,β-unsaturated/α-hetero) is 1. The Morgan fingerprint density at radius 1 is 1.25 bits per heavy atom. The molecule has 0 aliphatic carbocycles. The van der Waals surface area contributed by atoms with Crippen LogP contribution >= 0.6 is 0 Å². The van der Waals surface area contributed by atoms with Crippen molar-refractivity contribution in [2.45, 2.75) is 31.3 Å². The molecule has 3 N–H and O–H groups in total. The lowest BCUT2D eigenvalue weighted by molar-refractivity contribution is 0.00872. The highest BCUT2D eigenvalue weighted by molar-refractivity contribution is 5.96. The fourth-order valence-electron chi connectivity index (χ4n) is 3.17. The number of nitrogens with one attached hydrogen (secondary N) is 3. The summed E-state index contributed by atoms with van der Waals surface area (Å²) in [6.45, 7) is 5.77. The van der Waals surface area contributed by atoms with Crippen LogP contribution in [0.1, 0.15) is 17.3 Å². The van der Waals surface area contributed by atoms with Crippen molar-refractivity contribution in [3.05, 3.63) is 42.5 Å². The molecule has 0 radical (unpaired) electrons. The van der Waals surface area contributed by atoms with Gasteiger partial charge in [-0.1, -0.05) is 18.2 Å². The molecule has 0 aromatic heterocycles. The number of hydrogen-bond acceptors (Lipinski definition) is 6. The van der Waals surface area contributed by atoms with Gasteiger partial charge in [0.25, 0.3) is 0 Å². The molecule has 28 heavy (non-hydrogen) atoms. The van der Waals surface area contributed by atoms with Crippen molar-refractivity contribution in [2.75, 3.05) is 25.1 Å². The van der Waals surface area contributed by atoms with E-state index in [4.69, 9.17) is 14.2 Å². The molecule has 3 rings (SSSR count). The SMILES string of the molecule is C=CCNC(=O)N[C@H]1CO[C@H]2[C@@H]1OC[C@H]2OC(=O)Nc1cccc(C(C)=O)c1. The second-order valence-electron chi connectivity index (χ2n) is 6.55. The zero-order valence-electron chi connectivity index (χ0n) is 15.5. The maximum Gasteiger partial charge on any atom is 0.412 e. The number of benzene rings is 1. The summed E-state index contributed by atoms with van der Waals surface area (Å²) in [7, 11) is 0. The third-order valence-corrected chi connectivity index (χ3v) is 4.51. The van der Waals surface area contributed by atoms with Crippen LogP contribution in [0, 0.1) is 0 Å². The Kier molecular flexibility index (Phi) is 6.27. The summed E-state index contributed by atoms with van der Waals surface area (Å²) >= 11 is 0. The second-order valence-corrected chi connectivity index (χ2v) is 6.55. The highest BCUT2D eigenvalue weighted by Gasteiger charge is 2.50. The van der Waals surface area contributed by atoms with Gasteiger partial charge < -0.3 is 24.8 Å². The zero-order valence-corrected chi connectivity index (χ0v) is 15.5. The first-order chi connectivity index (χ1) is 13.5. The summed E-state index contributed by atoms with van der Waals surface area (Å²) < 4.78 is 16.8. The van der Waals surface area contributed by atoms with Gasteiger partial charge in [0.15, 0.2) is 11.9 Å². The van der Waals surface area contributed by atoms with Crippen LogP contribution in [0.25, 0.3) is 0 Å². The maximum absolute atomic E-state index is 12.2. The number of hydrogen-bond donors (Lipinski definition) is 3. The van der Waals surface area contributed by atoms with Crippen LogP contribution in [0.5, 0.6) is 0 Å². The van der Waals surface area contributed by atoms with Crippen LogP contribution in [-0.4, -0.2) is 62.0 Å². The smallest absolute Gasteiger partial charge is 0.412 e. The van der Waals surface area contributed by atoms with Gasteiger partial charge in [-0.15, -0.1) is 6.58 Å². The number of ether oxygens (including phenoxy) is 3. The Balaban J connectivity index is 1.52. The van der Waals surface area contributed by atoms with Gasteiger partial charge in [-0.2, -0.15) is 0 Å². The first-order valence-electron chi connectivity index (χ1n) is 8.95. The Morgan fingerprint density at radius 3 is 2.79 bits per heavy atom. The van der Waals surface area contributed by atoms with Gasteiger partial charge in [-0.05, 0) is 19.1 Å². The molecule has 0 bridgehead atoms. The number of ketones is 1. The van der Waals surface area contributed by atoms with Gasteiger partial charge in [-0.3, -0.25) is 10.1 Å². The molecule has 2 fully saturated rings. The van der Waals surface area contributed by atoms with Crippen molar-refractivity contribution >= 4 is 23.6 Å². The van der Waals surface area contributed by atoms with Gasteiger partial charge in [0.05, 0.1) is 19.3 Å². The van der Waals surface area contributed by atoms with E-state index >= 15 is 0 Å². The number of anilines is 1. The van der Waals surface area contributed by atoms with Crippen LogP contribution in [-0.2, 0) is 14.2 Å². The molecule has 2 aliphatic rings. The van der Waals surface area contributed by atoms with Crippen LogP contribution < -0.4 is 16.0 Å². The van der Waals surface area contributed by atoms with E-state index in [0.29, 0.717) is 17.8 Å². The van der Waals surface area contributed by atoms with E-state index in [1.165, 1.54) is 6.92 Å². The minimum atomic E-state index is -0.668. The van der Waals surface area contributed by atoms with E-state index in [9.17, 15) is 14.4 Å². The lowest BCUT2D eigenvalue weighted by Gasteiger charge is -2.18. The van der Waals surface area contributed by atoms with Crippen LogP contribution in [0.4, 0.5) is 15.3 Å². The molecule has 0 unspecified atom stereocenters. The minimum absolute atomic E-state index is 0.0981. The average Bonchev–Trinajstić information content (AvgIpc) is 3.24. The van der Waals surface area contributed by atoms with E-state index in [1.807, 2.05) is 0 Å². The number of rotatable bonds is 6. The molecular weight excluding hydrogens is 366 g/mol. The lowest BCUT2D eigenvalue weighted by Crippen LogP contribution is -2.48. The van der Waals surface area contributed by atoms with Crippen molar-refractivity contribution in [1.82, 2.24) is 10.6 Å². The van der Waals surface area contributed by atoms with Crippen molar-refractivity contribution < 1.29 is 28.6 Å².